The molecule has 0 spiro atoms. The molecule has 4 rings (SSSR count). The van der Waals surface area contributed by atoms with E-state index in [1.54, 1.807) is 23.5 Å². The second kappa shape index (κ2) is 8.16. The number of thiophene rings is 1. The maximum Gasteiger partial charge on any atom is 0.336 e. The Bertz CT molecular complexity index is 1020. The molecule has 0 saturated carbocycles. The minimum atomic E-state index is -0.390. The topological polar surface area (TPSA) is 63.0 Å². The summed E-state index contributed by atoms with van der Waals surface area (Å²) in [7, 11) is 0. The summed E-state index contributed by atoms with van der Waals surface area (Å²) in [6, 6.07) is 11.0. The molecule has 6 nitrogen and oxygen atoms in total. The van der Waals surface area contributed by atoms with Crippen molar-refractivity contribution >= 4 is 28.2 Å². The molecule has 0 atom stereocenters. The number of nitrogens with zero attached hydrogens (tertiary/aromatic N) is 2. The van der Waals surface area contributed by atoms with Gasteiger partial charge in [0.2, 0.25) is 0 Å². The Morgan fingerprint density at radius 1 is 1.18 bits per heavy atom. The fourth-order valence-electron chi connectivity index (χ4n) is 3.41. The molecule has 1 aliphatic heterocycles. The summed E-state index contributed by atoms with van der Waals surface area (Å²) in [6.45, 7) is 5.93. The standard InChI is InChI=1S/C21H22N2O4S/c1-15-11-21(25)27-19-12-16(4-5-18(15)19)26-14-20(24)23-8-6-22(7-9-23)13-17-3-2-10-28-17/h2-5,10-12H,6-9,13-14H2,1H3. The lowest BCUT2D eigenvalue weighted by Crippen LogP contribution is -2.49. The van der Waals surface area contributed by atoms with Crippen LogP contribution in [0.15, 0.2) is 51.0 Å². The molecule has 1 fully saturated rings. The maximum absolute atomic E-state index is 12.5. The predicted molar refractivity (Wildman–Crippen MR) is 109 cm³/mol. The smallest absolute Gasteiger partial charge is 0.336 e. The second-order valence-electron chi connectivity index (χ2n) is 6.93. The van der Waals surface area contributed by atoms with Crippen LogP contribution in [0, 0.1) is 6.92 Å². The summed E-state index contributed by atoms with van der Waals surface area (Å²) in [6.07, 6.45) is 0. The molecule has 3 aromatic rings. The van der Waals surface area contributed by atoms with Crippen molar-refractivity contribution in [2.75, 3.05) is 32.8 Å². The van der Waals surface area contributed by atoms with Crippen molar-refractivity contribution in [2.24, 2.45) is 0 Å². The molecule has 146 valence electrons. The Morgan fingerprint density at radius 3 is 2.75 bits per heavy atom. The van der Waals surface area contributed by atoms with Gasteiger partial charge in [0, 0.05) is 55.1 Å². The average Bonchev–Trinajstić information content (AvgIpc) is 3.19. The Kier molecular flexibility index (Phi) is 5.45. The fourth-order valence-corrected chi connectivity index (χ4v) is 4.16. The number of fused-ring (bicyclic) bond motifs is 1. The fraction of sp³-hybridized carbons (Fsp3) is 0.333. The molecule has 0 aliphatic carbocycles. The van der Waals surface area contributed by atoms with Crippen molar-refractivity contribution in [2.45, 2.75) is 13.5 Å². The van der Waals surface area contributed by atoms with E-state index >= 15 is 0 Å². The van der Waals surface area contributed by atoms with E-state index in [-0.39, 0.29) is 12.5 Å². The van der Waals surface area contributed by atoms with Crippen molar-refractivity contribution in [1.29, 1.82) is 0 Å². The zero-order chi connectivity index (χ0) is 19.5. The van der Waals surface area contributed by atoms with Crippen LogP contribution in [-0.2, 0) is 11.3 Å². The van der Waals surface area contributed by atoms with Crippen LogP contribution in [0.3, 0.4) is 0 Å². The minimum absolute atomic E-state index is 0.0214. The van der Waals surface area contributed by atoms with Gasteiger partial charge in [-0.25, -0.2) is 4.79 Å². The van der Waals surface area contributed by atoms with E-state index in [4.69, 9.17) is 9.15 Å². The number of rotatable bonds is 5. The van der Waals surface area contributed by atoms with Gasteiger partial charge in [-0.1, -0.05) is 6.07 Å². The van der Waals surface area contributed by atoms with Gasteiger partial charge in [0.15, 0.2) is 6.61 Å². The van der Waals surface area contributed by atoms with Gasteiger partial charge in [-0.3, -0.25) is 9.69 Å². The molecule has 2 aromatic heterocycles. The van der Waals surface area contributed by atoms with Gasteiger partial charge in [-0.15, -0.1) is 11.3 Å². The summed E-state index contributed by atoms with van der Waals surface area (Å²) in [5.74, 6) is 0.493. The number of aryl methyl sites for hydroxylation is 1. The number of amides is 1. The first-order chi connectivity index (χ1) is 13.6. The molecule has 28 heavy (non-hydrogen) atoms. The second-order valence-corrected chi connectivity index (χ2v) is 7.96. The molecular weight excluding hydrogens is 376 g/mol. The monoisotopic (exact) mass is 398 g/mol. The number of hydrogen-bond donors (Lipinski definition) is 0. The number of benzene rings is 1. The number of ether oxygens (including phenoxy) is 1. The highest BCUT2D eigenvalue weighted by atomic mass is 32.1. The van der Waals surface area contributed by atoms with E-state index < -0.39 is 5.63 Å². The zero-order valence-corrected chi connectivity index (χ0v) is 16.5. The molecule has 1 saturated heterocycles. The van der Waals surface area contributed by atoms with Gasteiger partial charge in [0.25, 0.3) is 5.91 Å². The molecular formula is C21H22N2O4S. The predicted octanol–water partition coefficient (Wildman–Crippen LogP) is 2.89. The van der Waals surface area contributed by atoms with Crippen molar-refractivity contribution in [3.8, 4) is 5.75 Å². The largest absolute Gasteiger partial charge is 0.484 e. The van der Waals surface area contributed by atoms with Gasteiger partial charge in [-0.2, -0.15) is 0 Å². The van der Waals surface area contributed by atoms with Crippen LogP contribution in [0.25, 0.3) is 11.0 Å². The first kappa shape index (κ1) is 18.7. The van der Waals surface area contributed by atoms with Crippen LogP contribution < -0.4 is 10.4 Å². The van der Waals surface area contributed by atoms with Crippen LogP contribution in [-0.4, -0.2) is 48.5 Å². The van der Waals surface area contributed by atoms with Gasteiger partial charge >= 0.3 is 5.63 Å². The molecule has 1 amide bonds. The highest BCUT2D eigenvalue weighted by Gasteiger charge is 2.21. The van der Waals surface area contributed by atoms with E-state index in [0.29, 0.717) is 24.4 Å². The Hall–Kier alpha value is -2.64. The van der Waals surface area contributed by atoms with Crippen molar-refractivity contribution in [1.82, 2.24) is 9.80 Å². The molecule has 1 aromatic carbocycles. The van der Waals surface area contributed by atoms with Crippen LogP contribution in [0.4, 0.5) is 0 Å². The van der Waals surface area contributed by atoms with Crippen LogP contribution in [0.1, 0.15) is 10.4 Å². The van der Waals surface area contributed by atoms with Crippen LogP contribution >= 0.6 is 11.3 Å². The molecule has 7 heteroatoms. The Morgan fingerprint density at radius 2 is 2.00 bits per heavy atom. The van der Waals surface area contributed by atoms with Crippen molar-refractivity contribution < 1.29 is 13.9 Å². The first-order valence-electron chi connectivity index (χ1n) is 9.28. The van der Waals surface area contributed by atoms with E-state index in [9.17, 15) is 9.59 Å². The van der Waals surface area contributed by atoms with Crippen LogP contribution in [0.5, 0.6) is 5.75 Å². The van der Waals surface area contributed by atoms with Gasteiger partial charge in [-0.05, 0) is 36.1 Å². The summed E-state index contributed by atoms with van der Waals surface area (Å²) in [4.78, 5) is 29.6. The molecule has 0 bridgehead atoms. The van der Waals surface area contributed by atoms with E-state index in [1.807, 2.05) is 17.9 Å². The molecule has 0 unspecified atom stereocenters. The highest BCUT2D eigenvalue weighted by Crippen LogP contribution is 2.22. The van der Waals surface area contributed by atoms with E-state index in [0.717, 1.165) is 30.6 Å². The molecule has 0 N–H and O–H groups in total. The van der Waals surface area contributed by atoms with E-state index in [2.05, 4.69) is 22.4 Å². The zero-order valence-electron chi connectivity index (χ0n) is 15.7. The quantitative estimate of drug-likeness (QED) is 0.619. The molecule has 1 aliphatic rings. The summed E-state index contributed by atoms with van der Waals surface area (Å²) >= 11 is 1.76. The maximum atomic E-state index is 12.5. The van der Waals surface area contributed by atoms with Gasteiger partial charge < -0.3 is 14.1 Å². The molecule has 0 radical (unpaired) electrons. The lowest BCUT2D eigenvalue weighted by Gasteiger charge is -2.34. The third kappa shape index (κ3) is 4.26. The highest BCUT2D eigenvalue weighted by molar-refractivity contribution is 7.09. The van der Waals surface area contributed by atoms with Crippen molar-refractivity contribution in [3.63, 3.8) is 0 Å². The number of piperazine rings is 1. The van der Waals surface area contributed by atoms with Crippen LogP contribution in [0.2, 0.25) is 0 Å². The first-order valence-corrected chi connectivity index (χ1v) is 10.2. The summed E-state index contributed by atoms with van der Waals surface area (Å²) in [5.41, 5.74) is 0.935. The Labute approximate surface area is 166 Å². The lowest BCUT2D eigenvalue weighted by atomic mass is 10.1. The normalized spacial score (nSPS) is 15.1. The average molecular weight is 398 g/mol. The van der Waals surface area contributed by atoms with Gasteiger partial charge in [0.05, 0.1) is 0 Å². The summed E-state index contributed by atoms with van der Waals surface area (Å²) < 4.78 is 10.9. The third-order valence-corrected chi connectivity index (χ3v) is 5.83. The molecule has 3 heterocycles. The SMILES string of the molecule is Cc1cc(=O)oc2cc(OCC(=O)N3CCN(Cc4cccs4)CC3)ccc12. The van der Waals surface area contributed by atoms with Gasteiger partial charge in [0.1, 0.15) is 11.3 Å². The minimum Gasteiger partial charge on any atom is -0.484 e. The Balaban J connectivity index is 1.31. The van der Waals surface area contributed by atoms with E-state index in [1.165, 1.54) is 10.9 Å². The van der Waals surface area contributed by atoms with Crippen molar-refractivity contribution in [3.05, 3.63) is 62.6 Å². The number of hydrogen-bond acceptors (Lipinski definition) is 6. The third-order valence-electron chi connectivity index (χ3n) is 4.97. The summed E-state index contributed by atoms with van der Waals surface area (Å²) in [5, 5.41) is 2.95. The number of carbonyl (C=O) groups excluding carboxylic acids is 1. The lowest BCUT2D eigenvalue weighted by molar-refractivity contribution is -0.135. The number of carbonyl (C=O) groups is 1.